The second kappa shape index (κ2) is 5.70. The lowest BCUT2D eigenvalue weighted by Crippen LogP contribution is -2.50. The summed E-state index contributed by atoms with van der Waals surface area (Å²) in [6, 6.07) is -0.00319. The molecule has 1 heterocycles. The van der Waals surface area contributed by atoms with Crippen molar-refractivity contribution >= 4 is 24.3 Å². The molecular weight excluding hydrogens is 206 g/mol. The van der Waals surface area contributed by atoms with Crippen molar-refractivity contribution < 1.29 is 9.53 Å². The molecule has 0 aromatic rings. The molecule has 1 aliphatic rings. The summed E-state index contributed by atoms with van der Waals surface area (Å²) in [4.78, 5) is 15.3. The van der Waals surface area contributed by atoms with Gasteiger partial charge in [-0.2, -0.15) is 0 Å². The number of nitrogens with two attached hydrogens (primary N) is 1. The van der Waals surface area contributed by atoms with Gasteiger partial charge in [-0.3, -0.25) is 9.79 Å². The van der Waals surface area contributed by atoms with Crippen molar-refractivity contribution in [1.29, 1.82) is 0 Å². The van der Waals surface area contributed by atoms with E-state index in [2.05, 4.69) is 10.3 Å². The fourth-order valence-corrected chi connectivity index (χ4v) is 1.26. The van der Waals surface area contributed by atoms with Crippen molar-refractivity contribution in [2.24, 2.45) is 16.6 Å². The first-order valence-corrected chi connectivity index (χ1v) is 4.38. The molecular formula is C8H16ClN3O2. The summed E-state index contributed by atoms with van der Waals surface area (Å²) in [6.45, 7) is 4.50. The molecule has 82 valence electrons. The van der Waals surface area contributed by atoms with Crippen LogP contribution in [0, 0.1) is 5.92 Å². The first-order valence-electron chi connectivity index (χ1n) is 4.38. The molecule has 0 aromatic heterocycles. The number of rotatable bonds is 2. The summed E-state index contributed by atoms with van der Waals surface area (Å²) in [5, 5.41) is 2.90. The Hall–Kier alpha value is -0.970. The van der Waals surface area contributed by atoms with E-state index in [0.29, 0.717) is 19.1 Å². The largest absolute Gasteiger partial charge is 0.466 e. The minimum Gasteiger partial charge on any atom is -0.466 e. The lowest BCUT2D eigenvalue weighted by Gasteiger charge is -2.26. The van der Waals surface area contributed by atoms with Gasteiger partial charge in [0.05, 0.1) is 19.1 Å². The Bertz CT molecular complexity index is 233. The second-order valence-corrected chi connectivity index (χ2v) is 3.02. The maximum Gasteiger partial charge on any atom is 0.312 e. The monoisotopic (exact) mass is 221 g/mol. The lowest BCUT2D eigenvalue weighted by molar-refractivity contribution is -0.148. The van der Waals surface area contributed by atoms with E-state index in [0.717, 1.165) is 0 Å². The van der Waals surface area contributed by atoms with Gasteiger partial charge in [-0.05, 0) is 13.8 Å². The van der Waals surface area contributed by atoms with Gasteiger partial charge in [0, 0.05) is 6.04 Å². The summed E-state index contributed by atoms with van der Waals surface area (Å²) in [5.74, 6) is -0.0287. The molecule has 0 saturated carbocycles. The number of hydrogen-bond acceptors (Lipinski definition) is 5. The number of halogens is 1. The van der Waals surface area contributed by atoms with Crippen molar-refractivity contribution in [3.63, 3.8) is 0 Å². The summed E-state index contributed by atoms with van der Waals surface area (Å²) in [7, 11) is 0. The number of guanidine groups is 1. The molecule has 5 nitrogen and oxygen atoms in total. The topological polar surface area (TPSA) is 76.7 Å². The van der Waals surface area contributed by atoms with E-state index in [1.807, 2.05) is 6.92 Å². The van der Waals surface area contributed by atoms with Crippen molar-refractivity contribution in [2.75, 3.05) is 13.2 Å². The van der Waals surface area contributed by atoms with Crippen LogP contribution in [-0.2, 0) is 9.53 Å². The minimum absolute atomic E-state index is 0. The van der Waals surface area contributed by atoms with Crippen LogP contribution in [0.1, 0.15) is 13.8 Å². The molecule has 1 rings (SSSR count). The van der Waals surface area contributed by atoms with Gasteiger partial charge in [0.1, 0.15) is 0 Å². The van der Waals surface area contributed by atoms with E-state index in [9.17, 15) is 4.79 Å². The Kier molecular flexibility index (Phi) is 5.30. The first-order chi connectivity index (χ1) is 6.15. The van der Waals surface area contributed by atoms with Crippen molar-refractivity contribution in [1.82, 2.24) is 5.32 Å². The molecule has 6 heteroatoms. The highest BCUT2D eigenvalue weighted by Gasteiger charge is 2.29. The Morgan fingerprint density at radius 1 is 1.79 bits per heavy atom. The second-order valence-electron chi connectivity index (χ2n) is 3.02. The fraction of sp³-hybridized carbons (Fsp3) is 0.750. The standard InChI is InChI=1S/C8H15N3O2.ClH/c1-3-13-7(12)6-4-10-8(9)11-5(6)2;/h5-6H,3-4H2,1-2H3,(H3,9,10,11);1H. The van der Waals surface area contributed by atoms with Crippen LogP contribution in [0.3, 0.4) is 0 Å². The van der Waals surface area contributed by atoms with E-state index >= 15 is 0 Å². The minimum atomic E-state index is -0.216. The third-order valence-corrected chi connectivity index (χ3v) is 2.03. The number of esters is 1. The third kappa shape index (κ3) is 3.06. The highest BCUT2D eigenvalue weighted by atomic mass is 35.5. The SMILES string of the molecule is CCOC(=O)C1CN=C(N)NC1C.Cl. The van der Waals surface area contributed by atoms with E-state index in [1.54, 1.807) is 6.92 Å². The predicted octanol–water partition coefficient (Wildman–Crippen LogP) is -0.106. The fourth-order valence-electron chi connectivity index (χ4n) is 1.26. The van der Waals surface area contributed by atoms with Gasteiger partial charge in [0.25, 0.3) is 0 Å². The number of carbonyl (C=O) groups is 1. The number of nitrogens with one attached hydrogen (secondary N) is 1. The van der Waals surface area contributed by atoms with Crippen molar-refractivity contribution in [3.8, 4) is 0 Å². The maximum atomic E-state index is 11.3. The Morgan fingerprint density at radius 3 is 2.93 bits per heavy atom. The van der Waals surface area contributed by atoms with E-state index in [1.165, 1.54) is 0 Å². The first kappa shape index (κ1) is 13.0. The van der Waals surface area contributed by atoms with Crippen LogP contribution < -0.4 is 11.1 Å². The van der Waals surface area contributed by atoms with Crippen LogP contribution in [0.15, 0.2) is 4.99 Å². The van der Waals surface area contributed by atoms with Crippen LogP contribution in [-0.4, -0.2) is 31.1 Å². The summed E-state index contributed by atoms with van der Waals surface area (Å²) in [5.41, 5.74) is 5.45. The normalized spacial score (nSPS) is 25.4. The van der Waals surface area contributed by atoms with E-state index in [-0.39, 0.29) is 30.3 Å². The van der Waals surface area contributed by atoms with Crippen molar-refractivity contribution in [3.05, 3.63) is 0 Å². The van der Waals surface area contributed by atoms with Crippen LogP contribution in [0.25, 0.3) is 0 Å². The number of aliphatic imine (C=N–C) groups is 1. The predicted molar refractivity (Wildman–Crippen MR) is 56.5 cm³/mol. The average Bonchev–Trinajstić information content (AvgIpc) is 2.04. The zero-order chi connectivity index (χ0) is 9.84. The summed E-state index contributed by atoms with van der Waals surface area (Å²) in [6.07, 6.45) is 0. The Labute approximate surface area is 89.5 Å². The average molecular weight is 222 g/mol. The van der Waals surface area contributed by atoms with Gasteiger partial charge < -0.3 is 15.8 Å². The van der Waals surface area contributed by atoms with E-state index in [4.69, 9.17) is 10.5 Å². The van der Waals surface area contributed by atoms with Gasteiger partial charge in [0.15, 0.2) is 5.96 Å². The van der Waals surface area contributed by atoms with E-state index < -0.39 is 0 Å². The molecule has 0 fully saturated rings. The molecule has 0 bridgehead atoms. The molecule has 0 saturated heterocycles. The maximum absolute atomic E-state index is 11.3. The zero-order valence-electron chi connectivity index (χ0n) is 8.32. The van der Waals surface area contributed by atoms with Gasteiger partial charge in [-0.25, -0.2) is 0 Å². The molecule has 0 spiro atoms. The molecule has 14 heavy (non-hydrogen) atoms. The summed E-state index contributed by atoms with van der Waals surface area (Å²) < 4.78 is 4.90. The summed E-state index contributed by atoms with van der Waals surface area (Å²) >= 11 is 0. The molecule has 0 radical (unpaired) electrons. The zero-order valence-corrected chi connectivity index (χ0v) is 9.13. The molecule has 2 atom stereocenters. The Balaban J connectivity index is 0.00000169. The molecule has 0 aromatic carbocycles. The van der Waals surface area contributed by atoms with Crippen molar-refractivity contribution in [2.45, 2.75) is 19.9 Å². The van der Waals surface area contributed by atoms with Crippen LogP contribution >= 0.6 is 12.4 Å². The molecule has 1 aliphatic heterocycles. The van der Waals surface area contributed by atoms with Gasteiger partial charge >= 0.3 is 5.97 Å². The number of carbonyl (C=O) groups excluding carboxylic acids is 1. The smallest absolute Gasteiger partial charge is 0.312 e. The third-order valence-electron chi connectivity index (χ3n) is 2.03. The lowest BCUT2D eigenvalue weighted by atomic mass is 10.0. The number of ether oxygens (including phenoxy) is 1. The number of nitrogens with zero attached hydrogens (tertiary/aromatic N) is 1. The van der Waals surface area contributed by atoms with Gasteiger partial charge in [-0.1, -0.05) is 0 Å². The molecule has 0 amide bonds. The Morgan fingerprint density at radius 2 is 2.43 bits per heavy atom. The molecule has 0 aliphatic carbocycles. The van der Waals surface area contributed by atoms with Crippen LogP contribution in [0.5, 0.6) is 0 Å². The highest BCUT2D eigenvalue weighted by Crippen LogP contribution is 2.10. The van der Waals surface area contributed by atoms with Crippen LogP contribution in [0.2, 0.25) is 0 Å². The van der Waals surface area contributed by atoms with Gasteiger partial charge in [-0.15, -0.1) is 12.4 Å². The molecule has 3 N–H and O–H groups in total. The quantitative estimate of drug-likeness (QED) is 0.639. The molecule has 2 unspecified atom stereocenters. The highest BCUT2D eigenvalue weighted by molar-refractivity contribution is 5.85. The van der Waals surface area contributed by atoms with Gasteiger partial charge in [0.2, 0.25) is 0 Å². The van der Waals surface area contributed by atoms with Crippen LogP contribution in [0.4, 0.5) is 0 Å². The number of hydrogen-bond donors (Lipinski definition) is 2.